The van der Waals surface area contributed by atoms with Crippen molar-refractivity contribution in [3.8, 4) is 0 Å². The van der Waals surface area contributed by atoms with Crippen molar-refractivity contribution in [2.45, 2.75) is 0 Å². The second-order valence-electron chi connectivity index (χ2n) is 2.97. The molecule has 0 spiro atoms. The molecule has 0 atom stereocenters. The summed E-state index contributed by atoms with van der Waals surface area (Å²) in [5, 5.41) is 22.0. The molecule has 1 amide bonds. The average Bonchev–Trinajstić information content (AvgIpc) is 2.25. The molecule has 0 aliphatic carbocycles. The number of benzene rings is 1. The molecule has 86 valence electrons. The van der Waals surface area contributed by atoms with Gasteiger partial charge in [0, 0.05) is 12.6 Å². The molecule has 1 rings (SSSR count). The van der Waals surface area contributed by atoms with Crippen LogP contribution in [0.4, 0.5) is 11.4 Å². The van der Waals surface area contributed by atoms with Crippen LogP contribution >= 0.6 is 0 Å². The predicted octanol–water partition coefficient (Wildman–Crippen LogP) is 0.0979. The maximum Gasteiger partial charge on any atom is 0.293 e. The van der Waals surface area contributed by atoms with Gasteiger partial charge in [-0.3, -0.25) is 14.9 Å². The Morgan fingerprint density at radius 3 is 2.75 bits per heavy atom. The number of nitro benzene ring substituents is 1. The lowest BCUT2D eigenvalue weighted by molar-refractivity contribution is -0.384. The zero-order valence-electron chi connectivity index (χ0n) is 8.34. The fourth-order valence-electron chi connectivity index (χ4n) is 1.26. The number of nitrogens with two attached hydrogens (primary N) is 1. The van der Waals surface area contributed by atoms with Crippen molar-refractivity contribution in [2.24, 2.45) is 5.73 Å². The molecule has 0 unspecified atom stereocenters. The lowest BCUT2D eigenvalue weighted by Gasteiger charge is -2.08. The van der Waals surface area contributed by atoms with E-state index in [9.17, 15) is 14.9 Å². The second-order valence-corrected chi connectivity index (χ2v) is 2.97. The Labute approximate surface area is 91.0 Å². The van der Waals surface area contributed by atoms with Crippen molar-refractivity contribution in [1.29, 1.82) is 0 Å². The summed E-state index contributed by atoms with van der Waals surface area (Å²) in [6, 6.07) is 4.02. The van der Waals surface area contributed by atoms with Gasteiger partial charge in [0.15, 0.2) is 0 Å². The molecule has 0 saturated carbocycles. The lowest BCUT2D eigenvalue weighted by atomic mass is 10.1. The number of para-hydroxylation sites is 1. The third kappa shape index (κ3) is 2.45. The summed E-state index contributed by atoms with van der Waals surface area (Å²) in [7, 11) is 0. The molecule has 4 N–H and O–H groups in total. The van der Waals surface area contributed by atoms with Gasteiger partial charge in [0.25, 0.3) is 11.6 Å². The highest BCUT2D eigenvalue weighted by Gasteiger charge is 2.19. The number of rotatable bonds is 5. The number of anilines is 1. The first-order chi connectivity index (χ1) is 7.57. The van der Waals surface area contributed by atoms with Crippen LogP contribution in [0, 0.1) is 10.1 Å². The number of hydrogen-bond donors (Lipinski definition) is 3. The molecule has 16 heavy (non-hydrogen) atoms. The van der Waals surface area contributed by atoms with Crippen molar-refractivity contribution in [1.82, 2.24) is 0 Å². The van der Waals surface area contributed by atoms with Gasteiger partial charge < -0.3 is 16.2 Å². The predicted molar refractivity (Wildman–Crippen MR) is 57.2 cm³/mol. The first-order valence-electron chi connectivity index (χ1n) is 4.50. The highest BCUT2D eigenvalue weighted by Crippen LogP contribution is 2.27. The summed E-state index contributed by atoms with van der Waals surface area (Å²) < 4.78 is 0. The largest absolute Gasteiger partial charge is 0.395 e. The molecule has 1 aromatic carbocycles. The van der Waals surface area contributed by atoms with Crippen LogP contribution in [-0.4, -0.2) is 29.1 Å². The maximum atomic E-state index is 11.1. The molecular weight excluding hydrogens is 214 g/mol. The van der Waals surface area contributed by atoms with E-state index in [0.717, 1.165) is 0 Å². The Morgan fingerprint density at radius 1 is 1.56 bits per heavy atom. The van der Waals surface area contributed by atoms with Gasteiger partial charge >= 0.3 is 0 Å². The average molecular weight is 225 g/mol. The van der Waals surface area contributed by atoms with Gasteiger partial charge in [-0.25, -0.2) is 0 Å². The van der Waals surface area contributed by atoms with E-state index in [2.05, 4.69) is 5.32 Å². The van der Waals surface area contributed by atoms with Gasteiger partial charge in [-0.1, -0.05) is 6.07 Å². The number of amides is 1. The van der Waals surface area contributed by atoms with E-state index in [0.29, 0.717) is 0 Å². The van der Waals surface area contributed by atoms with Crippen LogP contribution in [0.2, 0.25) is 0 Å². The minimum absolute atomic E-state index is 0.0302. The minimum atomic E-state index is -0.760. The molecule has 0 radical (unpaired) electrons. The molecular formula is C9H11N3O4. The van der Waals surface area contributed by atoms with Crippen molar-refractivity contribution < 1.29 is 14.8 Å². The van der Waals surface area contributed by atoms with E-state index < -0.39 is 10.8 Å². The Kier molecular flexibility index (Phi) is 3.78. The molecule has 0 aromatic heterocycles. The molecule has 0 heterocycles. The second kappa shape index (κ2) is 5.08. The monoisotopic (exact) mass is 225 g/mol. The van der Waals surface area contributed by atoms with Gasteiger partial charge in [0.05, 0.1) is 17.1 Å². The summed E-state index contributed by atoms with van der Waals surface area (Å²) in [5.41, 5.74) is 4.91. The number of nitrogens with one attached hydrogen (secondary N) is 1. The standard InChI is InChI=1S/C9H11N3O4/c10-9(14)6-2-1-3-7(12(15)16)8(6)11-4-5-13/h1-3,11,13H,4-5H2,(H2,10,14). The van der Waals surface area contributed by atoms with E-state index in [4.69, 9.17) is 10.8 Å². The Hall–Kier alpha value is -2.15. The van der Waals surface area contributed by atoms with Crippen molar-refractivity contribution >= 4 is 17.3 Å². The Bertz CT molecular complexity index is 387. The number of nitro groups is 1. The Morgan fingerprint density at radius 2 is 2.25 bits per heavy atom. The number of hydrogen-bond acceptors (Lipinski definition) is 5. The molecule has 7 nitrogen and oxygen atoms in total. The zero-order chi connectivity index (χ0) is 12.1. The molecule has 0 aliphatic rings. The van der Waals surface area contributed by atoms with Crippen molar-refractivity contribution in [3.05, 3.63) is 33.9 Å². The topological polar surface area (TPSA) is 118 Å². The van der Waals surface area contributed by atoms with Crippen LogP contribution in [0.3, 0.4) is 0 Å². The normalized spacial score (nSPS) is 9.81. The number of aliphatic hydroxyl groups excluding tert-OH is 1. The highest BCUT2D eigenvalue weighted by atomic mass is 16.6. The van der Waals surface area contributed by atoms with Crippen LogP contribution in [0.1, 0.15) is 10.4 Å². The van der Waals surface area contributed by atoms with Gasteiger partial charge in [-0.15, -0.1) is 0 Å². The number of primary amides is 1. The summed E-state index contributed by atoms with van der Waals surface area (Å²) in [4.78, 5) is 21.1. The smallest absolute Gasteiger partial charge is 0.293 e. The molecule has 0 bridgehead atoms. The number of nitrogens with zero attached hydrogens (tertiary/aromatic N) is 1. The Balaban J connectivity index is 3.23. The van der Waals surface area contributed by atoms with E-state index in [1.165, 1.54) is 18.2 Å². The summed E-state index contributed by atoms with van der Waals surface area (Å²) in [6.07, 6.45) is 0. The van der Waals surface area contributed by atoms with Crippen LogP contribution in [0.25, 0.3) is 0 Å². The lowest BCUT2D eigenvalue weighted by Crippen LogP contribution is -2.17. The van der Waals surface area contributed by atoms with Crippen molar-refractivity contribution in [2.75, 3.05) is 18.5 Å². The SMILES string of the molecule is NC(=O)c1cccc([N+](=O)[O-])c1NCCO. The minimum Gasteiger partial charge on any atom is -0.395 e. The number of carbonyl (C=O) groups is 1. The van der Waals surface area contributed by atoms with Crippen LogP contribution < -0.4 is 11.1 Å². The number of aliphatic hydroxyl groups is 1. The van der Waals surface area contributed by atoms with E-state index >= 15 is 0 Å². The number of carbonyl (C=O) groups excluding carboxylic acids is 1. The maximum absolute atomic E-state index is 11.1. The fraction of sp³-hybridized carbons (Fsp3) is 0.222. The molecule has 0 fully saturated rings. The first-order valence-corrected chi connectivity index (χ1v) is 4.50. The molecule has 7 heteroatoms. The van der Waals surface area contributed by atoms with Gasteiger partial charge in [0.1, 0.15) is 5.69 Å². The molecule has 0 saturated heterocycles. The van der Waals surface area contributed by atoms with E-state index in [1.807, 2.05) is 0 Å². The van der Waals surface area contributed by atoms with Crippen LogP contribution in [0.15, 0.2) is 18.2 Å². The van der Waals surface area contributed by atoms with Gasteiger partial charge in [0.2, 0.25) is 0 Å². The first kappa shape index (κ1) is 11.9. The third-order valence-corrected chi connectivity index (χ3v) is 1.92. The molecule has 1 aromatic rings. The van der Waals surface area contributed by atoms with Crippen molar-refractivity contribution in [3.63, 3.8) is 0 Å². The van der Waals surface area contributed by atoms with Gasteiger partial charge in [-0.05, 0) is 6.07 Å². The summed E-state index contributed by atoms with van der Waals surface area (Å²) in [6.45, 7) is -0.102. The van der Waals surface area contributed by atoms with E-state index in [-0.39, 0.29) is 30.1 Å². The summed E-state index contributed by atoms with van der Waals surface area (Å²) >= 11 is 0. The van der Waals surface area contributed by atoms with E-state index in [1.54, 1.807) is 0 Å². The van der Waals surface area contributed by atoms with Crippen LogP contribution in [0.5, 0.6) is 0 Å². The fourth-order valence-corrected chi connectivity index (χ4v) is 1.26. The summed E-state index contributed by atoms with van der Waals surface area (Å²) in [5.74, 6) is -0.760. The zero-order valence-corrected chi connectivity index (χ0v) is 8.34. The van der Waals surface area contributed by atoms with Crippen LogP contribution in [-0.2, 0) is 0 Å². The highest BCUT2D eigenvalue weighted by molar-refractivity contribution is 6.00. The molecule has 0 aliphatic heterocycles. The quantitative estimate of drug-likeness (QED) is 0.485. The third-order valence-electron chi connectivity index (χ3n) is 1.92. The van der Waals surface area contributed by atoms with Gasteiger partial charge in [-0.2, -0.15) is 0 Å².